The lowest BCUT2D eigenvalue weighted by atomic mass is 10.1. The highest BCUT2D eigenvalue weighted by Gasteiger charge is 1.97. The minimum atomic E-state index is 0.662. The molecule has 0 unspecified atom stereocenters. The monoisotopic (exact) mass is 168 g/mol. The van der Waals surface area contributed by atoms with E-state index in [1.54, 1.807) is 0 Å². The van der Waals surface area contributed by atoms with Crippen molar-refractivity contribution in [2.75, 3.05) is 11.8 Å². The second-order valence-corrected chi connectivity index (χ2v) is 3.13. The van der Waals surface area contributed by atoms with Crippen molar-refractivity contribution < 1.29 is 0 Å². The van der Waals surface area contributed by atoms with E-state index in [0.717, 1.165) is 18.2 Å². The van der Waals surface area contributed by atoms with Gasteiger partial charge in [-0.25, -0.2) is 0 Å². The van der Waals surface area contributed by atoms with E-state index in [-0.39, 0.29) is 0 Å². The molecule has 0 aliphatic carbocycles. The van der Waals surface area contributed by atoms with Gasteiger partial charge in [-0.3, -0.25) is 0 Å². The van der Waals surface area contributed by atoms with Crippen molar-refractivity contribution in [2.24, 2.45) is 5.92 Å². The van der Waals surface area contributed by atoms with Gasteiger partial charge >= 0.3 is 0 Å². The highest BCUT2D eigenvalue weighted by molar-refractivity contribution is 6.18. The Kier molecular flexibility index (Phi) is 7.13. The van der Waals surface area contributed by atoms with Gasteiger partial charge in [0.25, 0.3) is 0 Å². The van der Waals surface area contributed by atoms with Gasteiger partial charge in [0.05, 0.1) is 0 Å². The zero-order valence-electron chi connectivity index (χ0n) is 5.87. The molecular weight excluding hydrogens is 155 g/mol. The maximum atomic E-state index is 5.60. The fraction of sp³-hybridized carbons (Fsp3) is 1.00. The third-order valence-corrected chi connectivity index (χ3v) is 2.14. The smallest absolute Gasteiger partial charge is 0.0249 e. The molecule has 0 aromatic carbocycles. The van der Waals surface area contributed by atoms with E-state index in [1.165, 1.54) is 12.8 Å². The van der Waals surface area contributed by atoms with E-state index in [9.17, 15) is 0 Å². The van der Waals surface area contributed by atoms with E-state index in [1.807, 2.05) is 0 Å². The molecule has 0 saturated carbocycles. The molecule has 0 heterocycles. The predicted molar refractivity (Wildman–Crippen MR) is 44.5 cm³/mol. The van der Waals surface area contributed by atoms with Crippen molar-refractivity contribution in [3.05, 3.63) is 0 Å². The van der Waals surface area contributed by atoms with Crippen LogP contribution >= 0.6 is 23.2 Å². The van der Waals surface area contributed by atoms with Gasteiger partial charge in [-0.1, -0.05) is 13.3 Å². The Morgan fingerprint density at radius 2 is 1.89 bits per heavy atom. The number of rotatable bonds is 5. The average Bonchev–Trinajstić information content (AvgIpc) is 1.89. The fourth-order valence-electron chi connectivity index (χ4n) is 0.664. The summed E-state index contributed by atoms with van der Waals surface area (Å²) in [6.45, 7) is 2.17. The van der Waals surface area contributed by atoms with Crippen LogP contribution in [-0.4, -0.2) is 11.8 Å². The van der Waals surface area contributed by atoms with Crippen LogP contribution < -0.4 is 0 Å². The first kappa shape index (κ1) is 9.58. The standard InChI is InChI=1S/C7H14Cl2/c1-7(6-9)4-2-3-5-8/h7H,2-6H2,1H3/t7-/m0/s1. The Hall–Kier alpha value is 0.580. The molecule has 0 aliphatic rings. The number of hydrogen-bond acceptors (Lipinski definition) is 0. The molecule has 0 rings (SSSR count). The second-order valence-electron chi connectivity index (χ2n) is 2.44. The van der Waals surface area contributed by atoms with Gasteiger partial charge in [0.2, 0.25) is 0 Å². The molecule has 0 aliphatic heterocycles. The predicted octanol–water partition coefficient (Wildman–Crippen LogP) is 3.27. The molecule has 0 aromatic rings. The van der Waals surface area contributed by atoms with Crippen LogP contribution in [0.2, 0.25) is 0 Å². The lowest BCUT2D eigenvalue weighted by Gasteiger charge is -2.03. The van der Waals surface area contributed by atoms with Gasteiger partial charge in [0, 0.05) is 11.8 Å². The van der Waals surface area contributed by atoms with Gasteiger partial charge in [-0.05, 0) is 18.8 Å². The summed E-state index contributed by atoms with van der Waals surface area (Å²) in [6, 6.07) is 0. The van der Waals surface area contributed by atoms with Crippen molar-refractivity contribution >= 4 is 23.2 Å². The first-order valence-electron chi connectivity index (χ1n) is 3.43. The Morgan fingerprint density at radius 1 is 1.22 bits per heavy atom. The van der Waals surface area contributed by atoms with Crippen LogP contribution in [0.1, 0.15) is 26.2 Å². The first-order chi connectivity index (χ1) is 4.31. The highest BCUT2D eigenvalue weighted by Crippen LogP contribution is 2.09. The van der Waals surface area contributed by atoms with Crippen molar-refractivity contribution in [3.63, 3.8) is 0 Å². The normalized spacial score (nSPS) is 13.7. The molecular formula is C7H14Cl2. The van der Waals surface area contributed by atoms with E-state index < -0.39 is 0 Å². The van der Waals surface area contributed by atoms with Crippen LogP contribution in [0.5, 0.6) is 0 Å². The maximum Gasteiger partial charge on any atom is 0.0249 e. The van der Waals surface area contributed by atoms with Gasteiger partial charge in [-0.15, -0.1) is 23.2 Å². The van der Waals surface area contributed by atoms with Crippen LogP contribution in [0.25, 0.3) is 0 Å². The summed E-state index contributed by atoms with van der Waals surface area (Å²) in [5.74, 6) is 2.23. The summed E-state index contributed by atoms with van der Waals surface area (Å²) in [7, 11) is 0. The summed E-state index contributed by atoms with van der Waals surface area (Å²) < 4.78 is 0. The van der Waals surface area contributed by atoms with E-state index in [0.29, 0.717) is 5.92 Å². The average molecular weight is 169 g/mol. The van der Waals surface area contributed by atoms with Crippen molar-refractivity contribution in [3.8, 4) is 0 Å². The molecule has 0 saturated heterocycles. The molecule has 0 fully saturated rings. The van der Waals surface area contributed by atoms with Crippen LogP contribution in [0, 0.1) is 5.92 Å². The van der Waals surface area contributed by atoms with E-state index in [2.05, 4.69) is 6.92 Å². The molecule has 2 heteroatoms. The molecule has 1 atom stereocenters. The van der Waals surface area contributed by atoms with Crippen LogP contribution in [0.15, 0.2) is 0 Å². The molecule has 9 heavy (non-hydrogen) atoms. The Labute approximate surface area is 67.5 Å². The van der Waals surface area contributed by atoms with Gasteiger partial charge < -0.3 is 0 Å². The van der Waals surface area contributed by atoms with Gasteiger partial charge in [0.15, 0.2) is 0 Å². The lowest BCUT2D eigenvalue weighted by molar-refractivity contribution is 0.556. The zero-order valence-corrected chi connectivity index (χ0v) is 7.38. The quantitative estimate of drug-likeness (QED) is 0.437. The van der Waals surface area contributed by atoms with Crippen LogP contribution in [-0.2, 0) is 0 Å². The minimum Gasteiger partial charge on any atom is -0.127 e. The molecule has 0 spiro atoms. The van der Waals surface area contributed by atoms with Crippen LogP contribution in [0.3, 0.4) is 0 Å². The molecule has 0 radical (unpaired) electrons. The Balaban J connectivity index is 2.88. The Morgan fingerprint density at radius 3 is 2.33 bits per heavy atom. The van der Waals surface area contributed by atoms with Gasteiger partial charge in [-0.2, -0.15) is 0 Å². The number of halogens is 2. The summed E-state index contributed by atoms with van der Waals surface area (Å²) >= 11 is 11.1. The summed E-state index contributed by atoms with van der Waals surface area (Å²) in [5.41, 5.74) is 0. The van der Waals surface area contributed by atoms with Gasteiger partial charge in [0.1, 0.15) is 0 Å². The molecule has 0 nitrogen and oxygen atoms in total. The fourth-order valence-corrected chi connectivity index (χ4v) is 1.01. The van der Waals surface area contributed by atoms with Crippen LogP contribution in [0.4, 0.5) is 0 Å². The molecule has 56 valence electrons. The Bertz CT molecular complexity index is 54.9. The second kappa shape index (κ2) is 6.70. The highest BCUT2D eigenvalue weighted by atomic mass is 35.5. The number of hydrogen-bond donors (Lipinski definition) is 0. The third kappa shape index (κ3) is 6.47. The maximum absolute atomic E-state index is 5.60. The summed E-state index contributed by atoms with van der Waals surface area (Å²) in [6.07, 6.45) is 3.57. The molecule has 0 aromatic heterocycles. The summed E-state index contributed by atoms with van der Waals surface area (Å²) in [4.78, 5) is 0. The molecule has 0 bridgehead atoms. The molecule has 0 amide bonds. The zero-order chi connectivity index (χ0) is 7.11. The van der Waals surface area contributed by atoms with E-state index in [4.69, 9.17) is 23.2 Å². The van der Waals surface area contributed by atoms with Crippen molar-refractivity contribution in [2.45, 2.75) is 26.2 Å². The SMILES string of the molecule is C[C@H](CCl)CCCCCl. The molecule has 0 N–H and O–H groups in total. The van der Waals surface area contributed by atoms with Crippen molar-refractivity contribution in [1.82, 2.24) is 0 Å². The summed E-state index contributed by atoms with van der Waals surface area (Å²) in [5, 5.41) is 0. The number of alkyl halides is 2. The first-order valence-corrected chi connectivity index (χ1v) is 4.50. The largest absolute Gasteiger partial charge is 0.127 e. The third-order valence-electron chi connectivity index (χ3n) is 1.34. The minimum absolute atomic E-state index is 0.662. The lowest BCUT2D eigenvalue weighted by Crippen LogP contribution is -1.95. The number of unbranched alkanes of at least 4 members (excludes halogenated alkanes) is 1. The topological polar surface area (TPSA) is 0 Å². The van der Waals surface area contributed by atoms with E-state index >= 15 is 0 Å². The van der Waals surface area contributed by atoms with Crippen molar-refractivity contribution in [1.29, 1.82) is 0 Å².